The quantitative estimate of drug-likeness (QED) is 0.902. The number of amides is 1. The molecule has 2 heterocycles. The number of ether oxygens (including phenoxy) is 1. The summed E-state index contributed by atoms with van der Waals surface area (Å²) in [6.45, 7) is 5.53. The monoisotopic (exact) mass is 287 g/mol. The van der Waals surface area contributed by atoms with Crippen molar-refractivity contribution in [3.05, 3.63) is 52.1 Å². The summed E-state index contributed by atoms with van der Waals surface area (Å²) in [4.78, 5) is 30.7. The molecule has 0 aliphatic carbocycles. The highest BCUT2D eigenvalue weighted by Gasteiger charge is 2.11. The zero-order chi connectivity index (χ0) is 15.4. The molecule has 0 bridgehead atoms. The first-order valence-corrected chi connectivity index (χ1v) is 6.59. The van der Waals surface area contributed by atoms with Crippen LogP contribution in [0.1, 0.15) is 29.9 Å². The van der Waals surface area contributed by atoms with Gasteiger partial charge >= 0.3 is 0 Å². The molecule has 0 saturated heterocycles. The summed E-state index contributed by atoms with van der Waals surface area (Å²) >= 11 is 0. The molecule has 2 aromatic heterocycles. The maximum Gasteiger partial charge on any atom is 0.261 e. The smallest absolute Gasteiger partial charge is 0.261 e. The van der Waals surface area contributed by atoms with Gasteiger partial charge in [0.25, 0.3) is 5.91 Å². The average Bonchev–Trinajstić information content (AvgIpc) is 2.37. The van der Waals surface area contributed by atoms with E-state index in [0.29, 0.717) is 17.3 Å². The molecule has 1 amide bonds. The van der Waals surface area contributed by atoms with E-state index in [2.05, 4.69) is 15.3 Å². The predicted octanol–water partition coefficient (Wildman–Crippen LogP) is 2.12. The number of aromatic amines is 1. The Hall–Kier alpha value is -2.63. The Balaban J connectivity index is 2.17. The van der Waals surface area contributed by atoms with Crippen molar-refractivity contribution in [2.75, 3.05) is 5.32 Å². The second kappa shape index (κ2) is 6.21. The van der Waals surface area contributed by atoms with Gasteiger partial charge in [-0.2, -0.15) is 0 Å². The van der Waals surface area contributed by atoms with Crippen LogP contribution in [0.3, 0.4) is 0 Å². The number of hydrogen-bond acceptors (Lipinski definition) is 4. The van der Waals surface area contributed by atoms with Gasteiger partial charge in [-0.3, -0.25) is 9.59 Å². The van der Waals surface area contributed by atoms with Crippen LogP contribution in [0.2, 0.25) is 0 Å². The summed E-state index contributed by atoms with van der Waals surface area (Å²) in [7, 11) is 0. The SMILES string of the molecule is Cc1cc(=O)c(C(=O)Nc2ccnc(OC(C)C)c2)c[nH]1. The number of aryl methyl sites for hydroxylation is 1. The number of nitrogens with zero attached hydrogens (tertiary/aromatic N) is 1. The van der Waals surface area contributed by atoms with Gasteiger partial charge in [-0.1, -0.05) is 0 Å². The number of anilines is 1. The third-order valence-electron chi connectivity index (χ3n) is 2.65. The number of nitrogens with one attached hydrogen (secondary N) is 2. The van der Waals surface area contributed by atoms with Crippen molar-refractivity contribution < 1.29 is 9.53 Å². The van der Waals surface area contributed by atoms with Crippen LogP contribution in [0, 0.1) is 6.92 Å². The Bertz CT molecular complexity index is 707. The average molecular weight is 287 g/mol. The number of carbonyl (C=O) groups excluding carboxylic acids is 1. The van der Waals surface area contributed by atoms with E-state index >= 15 is 0 Å². The van der Waals surface area contributed by atoms with Crippen LogP contribution in [-0.4, -0.2) is 22.0 Å². The van der Waals surface area contributed by atoms with Gasteiger partial charge in [0.2, 0.25) is 5.88 Å². The summed E-state index contributed by atoms with van der Waals surface area (Å²) in [5.74, 6) is -0.0569. The highest BCUT2D eigenvalue weighted by Crippen LogP contribution is 2.15. The molecule has 6 heteroatoms. The van der Waals surface area contributed by atoms with Crippen LogP contribution in [0.4, 0.5) is 5.69 Å². The van der Waals surface area contributed by atoms with Crippen molar-refractivity contribution in [2.24, 2.45) is 0 Å². The molecule has 0 unspecified atom stereocenters. The standard InChI is InChI=1S/C15H17N3O3/c1-9(2)21-14-7-11(4-5-16-14)18-15(20)12-8-17-10(3)6-13(12)19/h4-9H,1-3H3,(H,17,19)(H,16,18,20). The number of pyridine rings is 2. The number of H-pyrrole nitrogens is 1. The zero-order valence-electron chi connectivity index (χ0n) is 12.1. The van der Waals surface area contributed by atoms with Crippen LogP contribution in [0.15, 0.2) is 35.4 Å². The molecule has 6 nitrogen and oxygen atoms in total. The molecule has 21 heavy (non-hydrogen) atoms. The molecule has 110 valence electrons. The fraction of sp³-hybridized carbons (Fsp3) is 0.267. The van der Waals surface area contributed by atoms with E-state index in [0.717, 1.165) is 0 Å². The van der Waals surface area contributed by atoms with E-state index in [1.54, 1.807) is 19.1 Å². The molecule has 0 aromatic carbocycles. The van der Waals surface area contributed by atoms with Gasteiger partial charge in [0.05, 0.1) is 6.10 Å². The molecule has 0 saturated carbocycles. The molecule has 2 aromatic rings. The van der Waals surface area contributed by atoms with Crippen molar-refractivity contribution >= 4 is 11.6 Å². The Kier molecular flexibility index (Phi) is 4.37. The van der Waals surface area contributed by atoms with Crippen LogP contribution < -0.4 is 15.5 Å². The van der Waals surface area contributed by atoms with Crippen molar-refractivity contribution in [3.63, 3.8) is 0 Å². The predicted molar refractivity (Wildman–Crippen MR) is 79.8 cm³/mol. The number of aromatic nitrogens is 2. The first-order valence-electron chi connectivity index (χ1n) is 6.59. The van der Waals surface area contributed by atoms with Gasteiger partial charge in [0.15, 0.2) is 5.43 Å². The van der Waals surface area contributed by atoms with E-state index < -0.39 is 5.91 Å². The fourth-order valence-corrected chi connectivity index (χ4v) is 1.74. The first-order chi connectivity index (χ1) is 9.95. The highest BCUT2D eigenvalue weighted by atomic mass is 16.5. The summed E-state index contributed by atoms with van der Waals surface area (Å²) in [6, 6.07) is 4.63. The third kappa shape index (κ3) is 3.92. The van der Waals surface area contributed by atoms with Gasteiger partial charge in [-0.25, -0.2) is 4.98 Å². The Morgan fingerprint density at radius 2 is 2.14 bits per heavy atom. The Morgan fingerprint density at radius 3 is 2.81 bits per heavy atom. The van der Waals surface area contributed by atoms with E-state index in [1.807, 2.05) is 13.8 Å². The van der Waals surface area contributed by atoms with E-state index in [9.17, 15) is 9.59 Å². The molecular formula is C15H17N3O3. The van der Waals surface area contributed by atoms with Crippen molar-refractivity contribution in [3.8, 4) is 5.88 Å². The summed E-state index contributed by atoms with van der Waals surface area (Å²) in [5, 5.41) is 2.65. The molecule has 0 spiro atoms. The fourth-order valence-electron chi connectivity index (χ4n) is 1.74. The van der Waals surface area contributed by atoms with E-state index in [1.165, 1.54) is 18.5 Å². The van der Waals surface area contributed by atoms with Crippen molar-refractivity contribution in [2.45, 2.75) is 26.9 Å². The lowest BCUT2D eigenvalue weighted by atomic mass is 10.2. The largest absolute Gasteiger partial charge is 0.475 e. The number of carbonyl (C=O) groups is 1. The molecule has 0 aliphatic heterocycles. The molecule has 2 rings (SSSR count). The van der Waals surface area contributed by atoms with Crippen LogP contribution in [0.5, 0.6) is 5.88 Å². The molecule has 0 fully saturated rings. The second-order valence-electron chi connectivity index (χ2n) is 4.90. The first kappa shape index (κ1) is 14.8. The molecule has 0 aliphatic rings. The number of rotatable bonds is 4. The Labute approximate surface area is 122 Å². The van der Waals surface area contributed by atoms with Gasteiger partial charge in [0, 0.05) is 35.9 Å². The third-order valence-corrected chi connectivity index (χ3v) is 2.65. The van der Waals surface area contributed by atoms with Crippen LogP contribution in [0.25, 0.3) is 0 Å². The number of hydrogen-bond donors (Lipinski definition) is 2. The van der Waals surface area contributed by atoms with Gasteiger partial charge < -0.3 is 15.0 Å². The normalized spacial score (nSPS) is 10.5. The van der Waals surface area contributed by atoms with Crippen molar-refractivity contribution in [1.82, 2.24) is 9.97 Å². The second-order valence-corrected chi connectivity index (χ2v) is 4.90. The molecule has 2 N–H and O–H groups in total. The lowest BCUT2D eigenvalue weighted by Crippen LogP contribution is -2.21. The van der Waals surface area contributed by atoms with Gasteiger partial charge in [-0.15, -0.1) is 0 Å². The zero-order valence-corrected chi connectivity index (χ0v) is 12.1. The van der Waals surface area contributed by atoms with Crippen LogP contribution in [-0.2, 0) is 0 Å². The highest BCUT2D eigenvalue weighted by molar-refractivity contribution is 6.04. The molecule has 0 radical (unpaired) electrons. The van der Waals surface area contributed by atoms with Gasteiger partial charge in [-0.05, 0) is 26.8 Å². The van der Waals surface area contributed by atoms with E-state index in [4.69, 9.17) is 4.74 Å². The van der Waals surface area contributed by atoms with E-state index in [-0.39, 0.29) is 17.1 Å². The summed E-state index contributed by atoms with van der Waals surface area (Å²) in [5.41, 5.74) is 0.957. The topological polar surface area (TPSA) is 84.1 Å². The van der Waals surface area contributed by atoms with Crippen molar-refractivity contribution in [1.29, 1.82) is 0 Å². The summed E-state index contributed by atoms with van der Waals surface area (Å²) in [6.07, 6.45) is 2.93. The maximum absolute atomic E-state index is 12.1. The van der Waals surface area contributed by atoms with Crippen LogP contribution >= 0.6 is 0 Å². The minimum Gasteiger partial charge on any atom is -0.475 e. The molecular weight excluding hydrogens is 270 g/mol. The summed E-state index contributed by atoms with van der Waals surface area (Å²) < 4.78 is 5.45. The maximum atomic E-state index is 12.1. The lowest BCUT2D eigenvalue weighted by molar-refractivity contribution is 0.102. The Morgan fingerprint density at radius 1 is 1.38 bits per heavy atom. The van der Waals surface area contributed by atoms with Gasteiger partial charge in [0.1, 0.15) is 5.56 Å². The lowest BCUT2D eigenvalue weighted by Gasteiger charge is -2.10. The minimum absolute atomic E-state index is 0.0107. The molecule has 0 atom stereocenters. The minimum atomic E-state index is -0.474.